The number of hydrogen-bond donors (Lipinski definition) is 2. The molecule has 1 aromatic rings. The molecule has 0 fully saturated rings. The first kappa shape index (κ1) is 26.9. The molecule has 0 aliphatic heterocycles. The predicted molar refractivity (Wildman–Crippen MR) is 124 cm³/mol. The zero-order valence-corrected chi connectivity index (χ0v) is 20.4. The molecule has 162 valence electrons. The number of rotatable bonds is 10. The van der Waals surface area contributed by atoms with Gasteiger partial charge in [0, 0.05) is 25.9 Å². The predicted octanol–water partition coefficient (Wildman–Crippen LogP) is 3.23. The second kappa shape index (κ2) is 12.5. The molecule has 28 heavy (non-hydrogen) atoms. The van der Waals surface area contributed by atoms with E-state index >= 15 is 0 Å². The quantitative estimate of drug-likeness (QED) is 0.277. The van der Waals surface area contributed by atoms with Crippen LogP contribution in [0.25, 0.3) is 0 Å². The fourth-order valence-corrected chi connectivity index (χ4v) is 3.23. The van der Waals surface area contributed by atoms with Crippen molar-refractivity contribution in [3.05, 3.63) is 30.1 Å². The highest BCUT2D eigenvalue weighted by molar-refractivity contribution is 14.0. The third-order valence-corrected chi connectivity index (χ3v) is 5.10. The SMILES string of the molecule is CCC(CNC(=NC)NCC(C)(C)CCS(C)(=O)=O)Oc1cccc(F)c1.I. The van der Waals surface area contributed by atoms with Crippen molar-refractivity contribution in [2.75, 3.05) is 32.1 Å². The third-order valence-electron chi connectivity index (χ3n) is 4.16. The summed E-state index contributed by atoms with van der Waals surface area (Å²) in [7, 11) is -1.30. The van der Waals surface area contributed by atoms with Gasteiger partial charge < -0.3 is 15.4 Å². The molecule has 0 aliphatic rings. The van der Waals surface area contributed by atoms with Crippen molar-refractivity contribution < 1.29 is 17.5 Å². The molecule has 1 rings (SSSR count). The highest BCUT2D eigenvalue weighted by Gasteiger charge is 2.21. The van der Waals surface area contributed by atoms with Gasteiger partial charge in [0.05, 0.1) is 12.3 Å². The van der Waals surface area contributed by atoms with Crippen LogP contribution in [0.15, 0.2) is 29.3 Å². The van der Waals surface area contributed by atoms with Crippen LogP contribution in [-0.4, -0.2) is 52.6 Å². The fraction of sp³-hybridized carbons (Fsp3) is 0.632. The molecule has 1 atom stereocenters. The molecule has 0 amide bonds. The van der Waals surface area contributed by atoms with Crippen molar-refractivity contribution in [2.24, 2.45) is 10.4 Å². The number of guanidine groups is 1. The Morgan fingerprint density at radius 2 is 2.00 bits per heavy atom. The van der Waals surface area contributed by atoms with Gasteiger partial charge in [-0.15, -0.1) is 24.0 Å². The smallest absolute Gasteiger partial charge is 0.191 e. The lowest BCUT2D eigenvalue weighted by molar-refractivity contribution is 0.198. The number of nitrogens with one attached hydrogen (secondary N) is 2. The summed E-state index contributed by atoms with van der Waals surface area (Å²) in [6.07, 6.45) is 2.43. The van der Waals surface area contributed by atoms with Crippen LogP contribution in [0.4, 0.5) is 4.39 Å². The van der Waals surface area contributed by atoms with E-state index in [1.165, 1.54) is 18.4 Å². The summed E-state index contributed by atoms with van der Waals surface area (Å²) in [6.45, 7) is 7.12. The van der Waals surface area contributed by atoms with Gasteiger partial charge in [-0.2, -0.15) is 0 Å². The lowest BCUT2D eigenvalue weighted by Gasteiger charge is -2.26. The number of ether oxygens (including phenoxy) is 1. The van der Waals surface area contributed by atoms with Gasteiger partial charge in [0.1, 0.15) is 27.5 Å². The van der Waals surface area contributed by atoms with Crippen molar-refractivity contribution in [1.82, 2.24) is 10.6 Å². The van der Waals surface area contributed by atoms with E-state index in [-0.39, 0.29) is 47.1 Å². The zero-order valence-electron chi connectivity index (χ0n) is 17.3. The topological polar surface area (TPSA) is 79.8 Å². The van der Waals surface area contributed by atoms with E-state index in [9.17, 15) is 12.8 Å². The van der Waals surface area contributed by atoms with Gasteiger partial charge in [-0.1, -0.05) is 26.8 Å². The Bertz CT molecular complexity index is 727. The summed E-state index contributed by atoms with van der Waals surface area (Å²) < 4.78 is 41.8. The first-order valence-corrected chi connectivity index (χ1v) is 11.1. The Balaban J connectivity index is 0.00000729. The molecule has 0 radical (unpaired) electrons. The first-order valence-electron chi connectivity index (χ1n) is 9.09. The number of halogens is 2. The van der Waals surface area contributed by atoms with Gasteiger partial charge in [0.2, 0.25) is 0 Å². The molecule has 0 aromatic heterocycles. The molecule has 2 N–H and O–H groups in total. The number of sulfone groups is 1. The molecular weight excluding hydrogens is 496 g/mol. The monoisotopic (exact) mass is 529 g/mol. The minimum Gasteiger partial charge on any atom is -0.489 e. The summed E-state index contributed by atoms with van der Waals surface area (Å²) in [4.78, 5) is 4.19. The average Bonchev–Trinajstić information content (AvgIpc) is 2.58. The molecule has 0 heterocycles. The van der Waals surface area contributed by atoms with E-state index in [4.69, 9.17) is 4.74 Å². The minimum atomic E-state index is -2.98. The van der Waals surface area contributed by atoms with E-state index in [0.717, 1.165) is 6.42 Å². The third kappa shape index (κ3) is 11.7. The highest BCUT2D eigenvalue weighted by atomic mass is 127. The van der Waals surface area contributed by atoms with Crippen molar-refractivity contribution in [1.29, 1.82) is 0 Å². The van der Waals surface area contributed by atoms with Gasteiger partial charge in [-0.05, 0) is 30.4 Å². The van der Waals surface area contributed by atoms with Crippen LogP contribution in [0.2, 0.25) is 0 Å². The number of aliphatic imine (C=N–C) groups is 1. The number of nitrogens with zero attached hydrogens (tertiary/aromatic N) is 1. The Hall–Kier alpha value is -1.10. The van der Waals surface area contributed by atoms with Crippen molar-refractivity contribution in [3.8, 4) is 5.75 Å². The van der Waals surface area contributed by atoms with Crippen molar-refractivity contribution in [2.45, 2.75) is 39.7 Å². The Labute approximate surface area is 185 Å². The van der Waals surface area contributed by atoms with E-state index in [1.54, 1.807) is 19.2 Å². The molecule has 0 spiro atoms. The van der Waals surface area contributed by atoms with Crippen LogP contribution >= 0.6 is 24.0 Å². The molecule has 6 nitrogen and oxygen atoms in total. The molecule has 1 aromatic carbocycles. The van der Waals surface area contributed by atoms with Crippen LogP contribution in [0.3, 0.4) is 0 Å². The number of benzene rings is 1. The van der Waals surface area contributed by atoms with Crippen LogP contribution < -0.4 is 15.4 Å². The van der Waals surface area contributed by atoms with Crippen LogP contribution in [-0.2, 0) is 9.84 Å². The second-order valence-electron chi connectivity index (χ2n) is 7.46. The molecule has 9 heteroatoms. The summed E-state index contributed by atoms with van der Waals surface area (Å²) in [6, 6.07) is 6.08. The largest absolute Gasteiger partial charge is 0.489 e. The summed E-state index contributed by atoms with van der Waals surface area (Å²) in [5, 5.41) is 6.43. The van der Waals surface area contributed by atoms with E-state index in [1.807, 2.05) is 20.8 Å². The summed E-state index contributed by atoms with van der Waals surface area (Å²) in [5.74, 6) is 0.939. The fourth-order valence-electron chi connectivity index (χ4n) is 2.31. The second-order valence-corrected chi connectivity index (χ2v) is 9.72. The lowest BCUT2D eigenvalue weighted by atomic mass is 9.90. The van der Waals surface area contributed by atoms with Crippen molar-refractivity contribution >= 4 is 39.8 Å². The highest BCUT2D eigenvalue weighted by Crippen LogP contribution is 2.19. The summed E-state index contributed by atoms with van der Waals surface area (Å²) >= 11 is 0. The van der Waals surface area contributed by atoms with E-state index in [0.29, 0.717) is 31.2 Å². The van der Waals surface area contributed by atoms with Gasteiger partial charge in [0.15, 0.2) is 5.96 Å². The molecule has 0 aliphatic carbocycles. The zero-order chi connectivity index (χ0) is 20.5. The normalized spacial score (nSPS) is 13.4. The van der Waals surface area contributed by atoms with Gasteiger partial charge in [0.25, 0.3) is 0 Å². The minimum absolute atomic E-state index is 0. The Kier molecular flexibility index (Phi) is 12.0. The maximum absolute atomic E-state index is 13.3. The lowest BCUT2D eigenvalue weighted by Crippen LogP contribution is -2.45. The first-order chi connectivity index (χ1) is 12.5. The van der Waals surface area contributed by atoms with Gasteiger partial charge in [-0.3, -0.25) is 4.99 Å². The maximum Gasteiger partial charge on any atom is 0.191 e. The van der Waals surface area contributed by atoms with E-state index in [2.05, 4.69) is 15.6 Å². The van der Waals surface area contributed by atoms with Crippen LogP contribution in [0.5, 0.6) is 5.75 Å². The van der Waals surface area contributed by atoms with Crippen LogP contribution in [0, 0.1) is 11.2 Å². The Morgan fingerprint density at radius 1 is 1.32 bits per heavy atom. The van der Waals surface area contributed by atoms with Crippen LogP contribution in [0.1, 0.15) is 33.6 Å². The molecule has 0 bridgehead atoms. The van der Waals surface area contributed by atoms with Gasteiger partial charge in [-0.25, -0.2) is 12.8 Å². The maximum atomic E-state index is 13.3. The molecule has 0 saturated carbocycles. The van der Waals surface area contributed by atoms with Gasteiger partial charge >= 0.3 is 0 Å². The van der Waals surface area contributed by atoms with E-state index < -0.39 is 9.84 Å². The summed E-state index contributed by atoms with van der Waals surface area (Å²) in [5.41, 5.74) is -0.192. The Morgan fingerprint density at radius 3 is 2.54 bits per heavy atom. The average molecular weight is 529 g/mol. The number of hydrogen-bond acceptors (Lipinski definition) is 4. The molecule has 1 unspecified atom stereocenters. The molecular formula is C19H33FIN3O3S. The van der Waals surface area contributed by atoms with Crippen molar-refractivity contribution in [3.63, 3.8) is 0 Å². The standard InChI is InChI=1S/C19H32FN3O3S.HI/c1-6-16(26-17-9-7-8-15(20)12-17)13-22-18(21-4)23-14-19(2,3)10-11-27(5,24)25;/h7-9,12,16H,6,10-11,13-14H2,1-5H3,(H2,21,22,23);1H. The molecule has 0 saturated heterocycles.